The fraction of sp³-hybridized carbons (Fsp3) is 0.333. The summed E-state index contributed by atoms with van der Waals surface area (Å²) in [5.74, 6) is 0.132. The molecule has 1 aromatic carbocycles. The maximum Gasteiger partial charge on any atom is 0.328 e. The molecule has 0 radical (unpaired) electrons. The highest BCUT2D eigenvalue weighted by molar-refractivity contribution is 6.00. The molecule has 9 nitrogen and oxygen atoms in total. The second-order valence-corrected chi connectivity index (χ2v) is 6.19. The second kappa shape index (κ2) is 7.48. The fourth-order valence-corrected chi connectivity index (χ4v) is 3.03. The number of nitrogens with one attached hydrogen (secondary N) is 1. The van der Waals surface area contributed by atoms with Crippen LogP contribution in [0.3, 0.4) is 0 Å². The van der Waals surface area contributed by atoms with E-state index >= 15 is 0 Å². The Balaban J connectivity index is 1.72. The molecule has 1 fully saturated rings. The number of aromatic amines is 1. The molecule has 0 aliphatic carbocycles. The molecule has 1 aliphatic rings. The van der Waals surface area contributed by atoms with Crippen LogP contribution in [0.5, 0.6) is 5.75 Å². The fourth-order valence-electron chi connectivity index (χ4n) is 3.03. The lowest BCUT2D eigenvalue weighted by atomic mass is 10.1. The first-order chi connectivity index (χ1) is 12.9. The first-order valence-corrected chi connectivity index (χ1v) is 8.45. The molecule has 2 heterocycles. The molecule has 27 heavy (non-hydrogen) atoms. The van der Waals surface area contributed by atoms with E-state index in [0.29, 0.717) is 18.8 Å². The number of carbonyl (C=O) groups is 2. The number of methoxy groups -OCH3 is 1. The minimum atomic E-state index is -0.660. The van der Waals surface area contributed by atoms with E-state index in [9.17, 15) is 19.2 Å². The van der Waals surface area contributed by atoms with Crippen LogP contribution in [0.4, 0.5) is 5.69 Å². The van der Waals surface area contributed by atoms with E-state index in [-0.39, 0.29) is 18.4 Å². The summed E-state index contributed by atoms with van der Waals surface area (Å²) in [6.45, 7) is 2.11. The van der Waals surface area contributed by atoms with Crippen LogP contribution in [0.1, 0.15) is 6.92 Å². The van der Waals surface area contributed by atoms with Crippen LogP contribution in [0, 0.1) is 0 Å². The average molecular weight is 372 g/mol. The Morgan fingerprint density at radius 1 is 1.15 bits per heavy atom. The Bertz CT molecular complexity index is 963. The van der Waals surface area contributed by atoms with Crippen LogP contribution in [0.25, 0.3) is 0 Å². The first-order valence-electron chi connectivity index (χ1n) is 8.45. The standard InChI is InChI=1S/C18H20N4O5/c1-12-17(25)22(13-3-5-14(27-2)6-4-13)10-9-21(12)16(24)11-20-8-7-15(23)19-18(20)26/h3-8,12H,9-11H2,1-2H3,(H,19,23,26)/t12-/m1/s1. The molecular formula is C18H20N4O5. The maximum absolute atomic E-state index is 12.7. The van der Waals surface area contributed by atoms with Crippen molar-refractivity contribution >= 4 is 17.5 Å². The highest BCUT2D eigenvalue weighted by atomic mass is 16.5. The number of ether oxygens (including phenoxy) is 1. The largest absolute Gasteiger partial charge is 0.497 e. The van der Waals surface area contributed by atoms with Crippen LogP contribution >= 0.6 is 0 Å². The first kappa shape index (κ1) is 18.4. The van der Waals surface area contributed by atoms with Gasteiger partial charge in [0.15, 0.2) is 0 Å². The van der Waals surface area contributed by atoms with Crippen molar-refractivity contribution in [2.75, 3.05) is 25.1 Å². The van der Waals surface area contributed by atoms with Crippen molar-refractivity contribution in [3.63, 3.8) is 0 Å². The monoisotopic (exact) mass is 372 g/mol. The molecular weight excluding hydrogens is 352 g/mol. The van der Waals surface area contributed by atoms with Gasteiger partial charge in [-0.2, -0.15) is 0 Å². The third-order valence-electron chi connectivity index (χ3n) is 4.56. The number of H-pyrrole nitrogens is 1. The highest BCUT2D eigenvalue weighted by Crippen LogP contribution is 2.23. The second-order valence-electron chi connectivity index (χ2n) is 6.19. The third-order valence-corrected chi connectivity index (χ3v) is 4.56. The number of piperazine rings is 1. The van der Waals surface area contributed by atoms with Gasteiger partial charge in [0.1, 0.15) is 18.3 Å². The molecule has 3 rings (SSSR count). The molecule has 1 N–H and O–H groups in total. The van der Waals surface area contributed by atoms with Crippen molar-refractivity contribution in [1.29, 1.82) is 0 Å². The maximum atomic E-state index is 12.7. The minimum absolute atomic E-state index is 0.200. The van der Waals surface area contributed by atoms with E-state index in [1.54, 1.807) is 43.2 Å². The number of benzene rings is 1. The Kier molecular flexibility index (Phi) is 5.11. The Labute approximate surface area is 154 Å². The van der Waals surface area contributed by atoms with Crippen LogP contribution in [-0.4, -0.2) is 52.5 Å². The molecule has 1 aliphatic heterocycles. The Morgan fingerprint density at radius 2 is 1.85 bits per heavy atom. The molecule has 1 saturated heterocycles. The predicted octanol–water partition coefficient (Wildman–Crippen LogP) is -0.191. The van der Waals surface area contributed by atoms with Crippen LogP contribution < -0.4 is 20.9 Å². The van der Waals surface area contributed by atoms with Gasteiger partial charge in [0, 0.05) is 31.0 Å². The van der Waals surface area contributed by atoms with Crippen LogP contribution in [0.2, 0.25) is 0 Å². The molecule has 2 aromatic rings. The summed E-state index contributed by atoms with van der Waals surface area (Å²) in [5.41, 5.74) is -0.455. The van der Waals surface area contributed by atoms with Gasteiger partial charge in [-0.05, 0) is 31.2 Å². The normalized spacial score (nSPS) is 17.1. The summed E-state index contributed by atoms with van der Waals surface area (Å²) >= 11 is 0. The lowest BCUT2D eigenvalue weighted by molar-refractivity contribution is -0.141. The quantitative estimate of drug-likeness (QED) is 0.801. The smallest absolute Gasteiger partial charge is 0.328 e. The Morgan fingerprint density at radius 3 is 2.48 bits per heavy atom. The summed E-state index contributed by atoms with van der Waals surface area (Å²) < 4.78 is 6.23. The van der Waals surface area contributed by atoms with E-state index < -0.39 is 17.3 Å². The van der Waals surface area contributed by atoms with Gasteiger partial charge >= 0.3 is 5.69 Å². The zero-order valence-corrected chi connectivity index (χ0v) is 15.0. The van der Waals surface area contributed by atoms with Gasteiger partial charge in [-0.3, -0.25) is 23.9 Å². The molecule has 1 atom stereocenters. The van der Waals surface area contributed by atoms with Gasteiger partial charge in [0.2, 0.25) is 11.8 Å². The minimum Gasteiger partial charge on any atom is -0.497 e. The summed E-state index contributed by atoms with van der Waals surface area (Å²) in [6, 6.07) is 7.64. The van der Waals surface area contributed by atoms with Gasteiger partial charge in [0.25, 0.3) is 5.56 Å². The van der Waals surface area contributed by atoms with E-state index in [0.717, 1.165) is 10.3 Å². The molecule has 0 saturated carbocycles. The summed E-state index contributed by atoms with van der Waals surface area (Å²) in [7, 11) is 1.57. The van der Waals surface area contributed by atoms with Crippen molar-refractivity contribution in [3.8, 4) is 5.75 Å². The topological polar surface area (TPSA) is 105 Å². The number of hydrogen-bond acceptors (Lipinski definition) is 5. The van der Waals surface area contributed by atoms with E-state index in [4.69, 9.17) is 4.74 Å². The molecule has 0 unspecified atom stereocenters. The zero-order chi connectivity index (χ0) is 19.6. The summed E-state index contributed by atoms with van der Waals surface area (Å²) in [5, 5.41) is 0. The average Bonchev–Trinajstić information content (AvgIpc) is 2.66. The van der Waals surface area contributed by atoms with Crippen molar-refractivity contribution < 1.29 is 14.3 Å². The molecule has 2 amide bonds. The van der Waals surface area contributed by atoms with Crippen molar-refractivity contribution in [1.82, 2.24) is 14.5 Å². The lowest BCUT2D eigenvalue weighted by Crippen LogP contribution is -2.58. The molecule has 0 spiro atoms. The number of anilines is 1. The SMILES string of the molecule is COc1ccc(N2CCN(C(=O)Cn3ccc(=O)[nH]c3=O)[C@H](C)C2=O)cc1. The number of carbonyl (C=O) groups excluding carboxylic acids is 2. The molecule has 9 heteroatoms. The molecule has 1 aromatic heterocycles. The molecule has 142 valence electrons. The zero-order valence-electron chi connectivity index (χ0n) is 15.0. The van der Waals surface area contributed by atoms with E-state index in [2.05, 4.69) is 4.98 Å². The lowest BCUT2D eigenvalue weighted by Gasteiger charge is -2.39. The number of aromatic nitrogens is 2. The van der Waals surface area contributed by atoms with E-state index in [1.807, 2.05) is 0 Å². The van der Waals surface area contributed by atoms with Crippen molar-refractivity contribution in [2.45, 2.75) is 19.5 Å². The van der Waals surface area contributed by atoms with Crippen LogP contribution in [0.15, 0.2) is 46.1 Å². The number of hydrogen-bond donors (Lipinski definition) is 1. The van der Waals surface area contributed by atoms with E-state index in [1.165, 1.54) is 17.2 Å². The number of nitrogens with zero attached hydrogens (tertiary/aromatic N) is 3. The van der Waals surface area contributed by atoms with Gasteiger partial charge in [-0.1, -0.05) is 0 Å². The number of amides is 2. The Hall–Kier alpha value is -3.36. The van der Waals surface area contributed by atoms with Crippen LogP contribution in [-0.2, 0) is 16.1 Å². The summed E-state index contributed by atoms with van der Waals surface area (Å²) in [6.07, 6.45) is 1.26. The molecule has 0 bridgehead atoms. The van der Waals surface area contributed by atoms with Crippen molar-refractivity contribution in [3.05, 3.63) is 57.4 Å². The van der Waals surface area contributed by atoms with Crippen molar-refractivity contribution in [2.24, 2.45) is 0 Å². The summed E-state index contributed by atoms with van der Waals surface area (Å²) in [4.78, 5) is 53.3. The highest BCUT2D eigenvalue weighted by Gasteiger charge is 2.35. The third kappa shape index (κ3) is 3.76. The van der Waals surface area contributed by atoms with Gasteiger partial charge < -0.3 is 14.5 Å². The van der Waals surface area contributed by atoms with Gasteiger partial charge in [-0.15, -0.1) is 0 Å². The number of rotatable bonds is 4. The van der Waals surface area contributed by atoms with Gasteiger partial charge in [0.05, 0.1) is 7.11 Å². The van der Waals surface area contributed by atoms with Gasteiger partial charge in [-0.25, -0.2) is 4.79 Å². The predicted molar refractivity (Wildman–Crippen MR) is 97.8 cm³/mol.